The molecule has 1 aromatic heterocycles. The average Bonchev–Trinajstić information content (AvgIpc) is 3.03. The number of thiophene rings is 1. The number of amides is 2. The summed E-state index contributed by atoms with van der Waals surface area (Å²) in [7, 11) is 0. The van der Waals surface area contributed by atoms with Crippen LogP contribution in [0.1, 0.15) is 27.6 Å². The molecule has 3 N–H and O–H groups in total. The number of esters is 1. The van der Waals surface area contributed by atoms with Gasteiger partial charge in [-0.05, 0) is 24.4 Å². The van der Waals surface area contributed by atoms with Crippen molar-refractivity contribution in [1.82, 2.24) is 0 Å². The Morgan fingerprint density at radius 2 is 1.92 bits per heavy atom. The van der Waals surface area contributed by atoms with Crippen LogP contribution in [0.4, 0.5) is 10.7 Å². The van der Waals surface area contributed by atoms with Gasteiger partial charge in [0.25, 0.3) is 17.5 Å². The van der Waals surface area contributed by atoms with Crippen molar-refractivity contribution in [2.75, 3.05) is 5.32 Å². The van der Waals surface area contributed by atoms with E-state index >= 15 is 0 Å². The molecule has 0 aliphatic rings. The van der Waals surface area contributed by atoms with Crippen molar-refractivity contribution >= 4 is 39.8 Å². The highest BCUT2D eigenvalue weighted by atomic mass is 32.1. The molecule has 0 saturated heterocycles. The van der Waals surface area contributed by atoms with Crippen LogP contribution in [0, 0.1) is 10.1 Å². The topological polar surface area (TPSA) is 142 Å². The van der Waals surface area contributed by atoms with E-state index in [0.717, 1.165) is 17.4 Å². The Morgan fingerprint density at radius 3 is 2.56 bits per heavy atom. The van der Waals surface area contributed by atoms with Crippen molar-refractivity contribution in [2.45, 2.75) is 13.0 Å². The number of nitrogens with one attached hydrogen (secondary N) is 1. The Balaban J connectivity index is 2.09. The molecule has 1 unspecified atom stereocenters. The molecule has 2 aromatic rings. The fourth-order valence-corrected chi connectivity index (χ4v) is 2.69. The zero-order valence-electron chi connectivity index (χ0n) is 12.9. The first-order valence-electron chi connectivity index (χ1n) is 6.93. The van der Waals surface area contributed by atoms with E-state index in [2.05, 4.69) is 5.32 Å². The Kier molecular flexibility index (Phi) is 5.45. The minimum Gasteiger partial charge on any atom is -0.449 e. The summed E-state index contributed by atoms with van der Waals surface area (Å²) in [5, 5.41) is 15.2. The lowest BCUT2D eigenvalue weighted by atomic mass is 10.2. The summed E-state index contributed by atoms with van der Waals surface area (Å²) in [6.07, 6.45) is -1.24. The summed E-state index contributed by atoms with van der Waals surface area (Å²) in [5.74, 6) is -2.41. The van der Waals surface area contributed by atoms with Crippen molar-refractivity contribution in [2.24, 2.45) is 5.73 Å². The number of ether oxygens (including phenoxy) is 1. The molecule has 2 amide bonds. The zero-order chi connectivity index (χ0) is 18.6. The molecule has 25 heavy (non-hydrogen) atoms. The second-order valence-corrected chi connectivity index (χ2v) is 5.75. The Labute approximate surface area is 145 Å². The first-order valence-corrected chi connectivity index (χ1v) is 7.81. The number of anilines is 1. The predicted octanol–water partition coefficient (Wildman–Crippen LogP) is 1.94. The number of primary amides is 1. The standard InChI is InChI=1S/C15H13N3O6S/c1-8(13(20)17-14-10(12(16)19)6-7-25-14)24-15(21)9-4-2-3-5-11(9)18(22)23/h2-8H,1H3,(H2,16,19)(H,17,20). The molecule has 9 nitrogen and oxygen atoms in total. The van der Waals surface area contributed by atoms with E-state index in [1.54, 1.807) is 5.38 Å². The minimum atomic E-state index is -1.24. The highest BCUT2D eigenvalue weighted by molar-refractivity contribution is 7.14. The highest BCUT2D eigenvalue weighted by Gasteiger charge is 2.25. The number of nitro benzene ring substituents is 1. The van der Waals surface area contributed by atoms with Crippen LogP contribution in [0.5, 0.6) is 0 Å². The van der Waals surface area contributed by atoms with E-state index in [0.29, 0.717) is 0 Å². The molecule has 0 bridgehead atoms. The van der Waals surface area contributed by atoms with Gasteiger partial charge in [0.2, 0.25) is 0 Å². The quantitative estimate of drug-likeness (QED) is 0.456. The van der Waals surface area contributed by atoms with Gasteiger partial charge in [-0.3, -0.25) is 19.7 Å². The molecule has 1 heterocycles. The van der Waals surface area contributed by atoms with Crippen molar-refractivity contribution in [3.63, 3.8) is 0 Å². The van der Waals surface area contributed by atoms with E-state index < -0.39 is 34.5 Å². The van der Waals surface area contributed by atoms with Gasteiger partial charge in [0.05, 0.1) is 10.5 Å². The third-order valence-electron chi connectivity index (χ3n) is 3.14. The maximum Gasteiger partial charge on any atom is 0.345 e. The molecule has 0 radical (unpaired) electrons. The molecule has 0 saturated carbocycles. The zero-order valence-corrected chi connectivity index (χ0v) is 13.7. The molecule has 1 atom stereocenters. The third-order valence-corrected chi connectivity index (χ3v) is 3.97. The van der Waals surface area contributed by atoms with Gasteiger partial charge in [-0.2, -0.15) is 0 Å². The highest BCUT2D eigenvalue weighted by Crippen LogP contribution is 2.23. The summed E-state index contributed by atoms with van der Waals surface area (Å²) < 4.78 is 4.97. The van der Waals surface area contributed by atoms with E-state index in [1.165, 1.54) is 31.2 Å². The first-order chi connectivity index (χ1) is 11.8. The van der Waals surface area contributed by atoms with Crippen molar-refractivity contribution in [3.8, 4) is 0 Å². The van der Waals surface area contributed by atoms with Crippen LogP contribution in [0.3, 0.4) is 0 Å². The lowest BCUT2D eigenvalue weighted by Gasteiger charge is -2.13. The van der Waals surface area contributed by atoms with E-state index in [1.807, 2.05) is 0 Å². The fourth-order valence-electron chi connectivity index (χ4n) is 1.90. The second kappa shape index (κ2) is 7.53. The van der Waals surface area contributed by atoms with Gasteiger partial charge < -0.3 is 15.8 Å². The summed E-state index contributed by atoms with van der Waals surface area (Å²) in [5.41, 5.74) is 4.63. The van der Waals surface area contributed by atoms with Crippen LogP contribution < -0.4 is 11.1 Å². The number of benzene rings is 1. The van der Waals surface area contributed by atoms with Gasteiger partial charge in [-0.15, -0.1) is 11.3 Å². The second-order valence-electron chi connectivity index (χ2n) is 4.84. The molecular formula is C15H13N3O6S. The number of carbonyl (C=O) groups excluding carboxylic acids is 3. The largest absolute Gasteiger partial charge is 0.449 e. The number of para-hydroxylation sites is 1. The summed E-state index contributed by atoms with van der Waals surface area (Å²) in [6, 6.07) is 6.70. The lowest BCUT2D eigenvalue weighted by Crippen LogP contribution is -2.30. The SMILES string of the molecule is CC(OC(=O)c1ccccc1[N+](=O)[O-])C(=O)Nc1sccc1C(N)=O. The lowest BCUT2D eigenvalue weighted by molar-refractivity contribution is -0.385. The van der Waals surface area contributed by atoms with Crippen molar-refractivity contribution in [1.29, 1.82) is 0 Å². The number of nitro groups is 1. The van der Waals surface area contributed by atoms with Crippen LogP contribution in [0.15, 0.2) is 35.7 Å². The molecule has 0 spiro atoms. The predicted molar refractivity (Wildman–Crippen MR) is 89.4 cm³/mol. The van der Waals surface area contributed by atoms with Gasteiger partial charge in [0.1, 0.15) is 10.6 Å². The number of rotatable bonds is 6. The monoisotopic (exact) mass is 363 g/mol. The summed E-state index contributed by atoms with van der Waals surface area (Å²) >= 11 is 1.08. The van der Waals surface area contributed by atoms with Gasteiger partial charge in [0.15, 0.2) is 6.10 Å². The number of nitrogens with zero attached hydrogens (tertiary/aromatic N) is 1. The van der Waals surface area contributed by atoms with Crippen LogP contribution in [-0.2, 0) is 9.53 Å². The maximum atomic E-state index is 12.1. The normalized spacial score (nSPS) is 11.4. The van der Waals surface area contributed by atoms with Crippen molar-refractivity contribution < 1.29 is 24.0 Å². The average molecular weight is 363 g/mol. The van der Waals surface area contributed by atoms with E-state index in [9.17, 15) is 24.5 Å². The maximum absolute atomic E-state index is 12.1. The van der Waals surface area contributed by atoms with Crippen LogP contribution in [0.2, 0.25) is 0 Å². The molecule has 0 fully saturated rings. The third kappa shape index (κ3) is 4.18. The minimum absolute atomic E-state index is 0.135. The summed E-state index contributed by atoms with van der Waals surface area (Å²) in [4.78, 5) is 45.6. The van der Waals surface area contributed by atoms with Crippen LogP contribution in [0.25, 0.3) is 0 Å². The van der Waals surface area contributed by atoms with Crippen LogP contribution >= 0.6 is 11.3 Å². The van der Waals surface area contributed by atoms with E-state index in [4.69, 9.17) is 10.5 Å². The molecule has 10 heteroatoms. The van der Waals surface area contributed by atoms with Crippen molar-refractivity contribution in [3.05, 3.63) is 57.0 Å². The molecule has 1 aromatic carbocycles. The number of hydrogen-bond acceptors (Lipinski definition) is 7. The molecular weight excluding hydrogens is 350 g/mol. The molecule has 0 aliphatic heterocycles. The molecule has 2 rings (SSSR count). The summed E-state index contributed by atoms with van der Waals surface area (Å²) in [6.45, 7) is 1.31. The van der Waals surface area contributed by atoms with Gasteiger partial charge in [0, 0.05) is 6.07 Å². The number of nitrogens with two attached hydrogens (primary N) is 1. The van der Waals surface area contributed by atoms with Gasteiger partial charge in [-0.1, -0.05) is 12.1 Å². The number of hydrogen-bond donors (Lipinski definition) is 2. The smallest absolute Gasteiger partial charge is 0.345 e. The Bertz CT molecular complexity index is 847. The fraction of sp³-hybridized carbons (Fsp3) is 0.133. The van der Waals surface area contributed by atoms with Crippen LogP contribution in [-0.4, -0.2) is 28.8 Å². The van der Waals surface area contributed by atoms with Gasteiger partial charge in [-0.25, -0.2) is 4.79 Å². The Morgan fingerprint density at radius 1 is 1.24 bits per heavy atom. The Hall–Kier alpha value is -3.27. The first kappa shape index (κ1) is 18.1. The van der Waals surface area contributed by atoms with Gasteiger partial charge >= 0.3 is 5.97 Å². The number of carbonyl (C=O) groups is 3. The van der Waals surface area contributed by atoms with E-state index in [-0.39, 0.29) is 16.1 Å². The molecule has 0 aliphatic carbocycles. The molecule has 130 valence electrons.